The predicted molar refractivity (Wildman–Crippen MR) is 287 cm³/mol. The fourth-order valence-corrected chi connectivity index (χ4v) is 8.78. The van der Waals surface area contributed by atoms with Crippen molar-refractivity contribution in [3.05, 3.63) is 48.6 Å². The zero-order chi connectivity index (χ0) is 48.1. The van der Waals surface area contributed by atoms with E-state index in [-0.39, 0.29) is 24.9 Å². The van der Waals surface area contributed by atoms with Gasteiger partial charge in [-0.3, -0.25) is 9.59 Å². The number of hydrogen-bond donors (Lipinski definition) is 3. The third-order valence-electron chi connectivity index (χ3n) is 13.2. The summed E-state index contributed by atoms with van der Waals surface area (Å²) in [6.45, 7) is 6.47. The largest absolute Gasteiger partial charge is 0.462 e. The molecule has 0 radical (unpaired) electrons. The van der Waals surface area contributed by atoms with Crippen LogP contribution in [0.3, 0.4) is 0 Å². The van der Waals surface area contributed by atoms with Crippen LogP contribution < -0.4 is 5.32 Å². The highest BCUT2D eigenvalue weighted by Gasteiger charge is 2.24. The van der Waals surface area contributed by atoms with Gasteiger partial charge in [0.25, 0.3) is 0 Å². The van der Waals surface area contributed by atoms with Crippen molar-refractivity contribution >= 4 is 11.9 Å². The van der Waals surface area contributed by atoms with E-state index >= 15 is 0 Å². The van der Waals surface area contributed by atoms with Crippen molar-refractivity contribution in [1.82, 2.24) is 5.32 Å². The quantitative estimate of drug-likeness (QED) is 0.0321. The van der Waals surface area contributed by atoms with Gasteiger partial charge in [-0.05, 0) is 64.2 Å². The number of carbonyl (C=O) groups excluding carboxylic acids is 2. The van der Waals surface area contributed by atoms with E-state index in [4.69, 9.17) is 4.74 Å². The minimum Gasteiger partial charge on any atom is -0.462 e. The standard InChI is InChI=1S/C60H111NO5/c1-4-7-10-13-16-19-22-25-27-29-31-34-37-40-43-46-49-52-58(63)57(55-62)61-59(64)54-56(51-48-45-42-39-36-33-24-21-18-15-12-9-6-3)66-60(65)53-50-47-44-41-38-35-32-30-28-26-23-20-17-14-11-8-5-2/h17,20,26,28,32,35,41,44,56-58,62-63H,4-16,18-19,21-25,27,29-31,33-34,36-40,42-43,45-55H2,1-3H3,(H,61,64)/b20-17-,28-26-,35-32-,44-41-. The van der Waals surface area contributed by atoms with Crippen LogP contribution in [0.2, 0.25) is 0 Å². The maximum absolute atomic E-state index is 13.3. The number of carbonyl (C=O) groups is 2. The molecule has 3 N–H and O–H groups in total. The summed E-state index contributed by atoms with van der Waals surface area (Å²) >= 11 is 0. The Kier molecular flexibility index (Phi) is 52.0. The highest BCUT2D eigenvalue weighted by molar-refractivity contribution is 5.77. The first-order valence-corrected chi connectivity index (χ1v) is 28.9. The van der Waals surface area contributed by atoms with Gasteiger partial charge in [-0.15, -0.1) is 0 Å². The Labute approximate surface area is 410 Å². The summed E-state index contributed by atoms with van der Waals surface area (Å²) in [5, 5.41) is 23.9. The lowest BCUT2D eigenvalue weighted by Crippen LogP contribution is -2.46. The van der Waals surface area contributed by atoms with Crippen LogP contribution in [0.1, 0.15) is 297 Å². The third kappa shape index (κ3) is 48.3. The van der Waals surface area contributed by atoms with Gasteiger partial charge in [-0.1, -0.05) is 268 Å². The average molecular weight is 927 g/mol. The van der Waals surface area contributed by atoms with Crippen LogP contribution in [0, 0.1) is 0 Å². The molecule has 0 aromatic rings. The highest BCUT2D eigenvalue weighted by atomic mass is 16.5. The summed E-state index contributed by atoms with van der Waals surface area (Å²) < 4.78 is 5.93. The van der Waals surface area contributed by atoms with E-state index in [9.17, 15) is 19.8 Å². The second-order valence-electron chi connectivity index (χ2n) is 19.7. The van der Waals surface area contributed by atoms with Crippen molar-refractivity contribution in [2.45, 2.75) is 315 Å². The lowest BCUT2D eigenvalue weighted by molar-refractivity contribution is -0.151. The summed E-state index contributed by atoms with van der Waals surface area (Å²) in [7, 11) is 0. The van der Waals surface area contributed by atoms with Crippen molar-refractivity contribution in [3.63, 3.8) is 0 Å². The van der Waals surface area contributed by atoms with Crippen LogP contribution in [-0.2, 0) is 14.3 Å². The molecule has 0 bridgehead atoms. The zero-order valence-corrected chi connectivity index (χ0v) is 44.1. The Morgan fingerprint density at radius 2 is 0.773 bits per heavy atom. The second-order valence-corrected chi connectivity index (χ2v) is 19.7. The fraction of sp³-hybridized carbons (Fsp3) is 0.833. The minimum absolute atomic E-state index is 0.0590. The van der Waals surface area contributed by atoms with Gasteiger partial charge in [0, 0.05) is 6.42 Å². The average Bonchev–Trinajstić information content (AvgIpc) is 3.31. The molecular weight excluding hydrogens is 815 g/mol. The molecule has 0 aromatic carbocycles. The first-order valence-electron chi connectivity index (χ1n) is 28.9. The molecule has 0 fully saturated rings. The first kappa shape index (κ1) is 63.8. The molecule has 6 heteroatoms. The molecule has 0 heterocycles. The number of nitrogens with one attached hydrogen (secondary N) is 1. The molecule has 0 aliphatic carbocycles. The number of aliphatic hydroxyl groups excluding tert-OH is 2. The number of allylic oxidation sites excluding steroid dienone is 8. The van der Waals surface area contributed by atoms with Gasteiger partial charge in [-0.2, -0.15) is 0 Å². The molecular formula is C60H111NO5. The van der Waals surface area contributed by atoms with Gasteiger partial charge >= 0.3 is 5.97 Å². The lowest BCUT2D eigenvalue weighted by atomic mass is 10.0. The first-order chi connectivity index (χ1) is 32.5. The van der Waals surface area contributed by atoms with E-state index in [0.717, 1.165) is 64.2 Å². The molecule has 3 atom stereocenters. The number of hydrogen-bond acceptors (Lipinski definition) is 5. The number of unbranched alkanes of at least 4 members (excludes halogenated alkanes) is 32. The molecule has 386 valence electrons. The summed E-state index contributed by atoms with van der Waals surface area (Å²) in [4.78, 5) is 26.2. The van der Waals surface area contributed by atoms with E-state index in [1.165, 1.54) is 180 Å². The van der Waals surface area contributed by atoms with Crippen LogP contribution >= 0.6 is 0 Å². The van der Waals surface area contributed by atoms with E-state index in [1.54, 1.807) is 0 Å². The number of rotatable bonds is 52. The molecule has 6 nitrogen and oxygen atoms in total. The van der Waals surface area contributed by atoms with Crippen molar-refractivity contribution in [2.24, 2.45) is 0 Å². The molecule has 0 saturated heterocycles. The number of aliphatic hydroxyl groups is 2. The van der Waals surface area contributed by atoms with Gasteiger partial charge in [0.15, 0.2) is 0 Å². The molecule has 0 aromatic heterocycles. The summed E-state index contributed by atoms with van der Waals surface area (Å²) in [5.74, 6) is -0.528. The van der Waals surface area contributed by atoms with E-state index in [0.29, 0.717) is 25.7 Å². The summed E-state index contributed by atoms with van der Waals surface area (Å²) in [5.41, 5.74) is 0. The van der Waals surface area contributed by atoms with Crippen molar-refractivity contribution in [2.75, 3.05) is 6.61 Å². The van der Waals surface area contributed by atoms with Crippen LogP contribution in [0.5, 0.6) is 0 Å². The van der Waals surface area contributed by atoms with Gasteiger partial charge in [0.1, 0.15) is 6.10 Å². The Bertz CT molecular complexity index is 1130. The van der Waals surface area contributed by atoms with Crippen molar-refractivity contribution in [3.8, 4) is 0 Å². The highest BCUT2D eigenvalue weighted by Crippen LogP contribution is 2.18. The predicted octanol–water partition coefficient (Wildman–Crippen LogP) is 17.8. The molecule has 0 rings (SSSR count). The normalized spacial score (nSPS) is 13.5. The van der Waals surface area contributed by atoms with E-state index in [2.05, 4.69) is 74.7 Å². The number of ether oxygens (including phenoxy) is 1. The number of amides is 1. The van der Waals surface area contributed by atoms with E-state index in [1.807, 2.05) is 0 Å². The second kappa shape index (κ2) is 53.8. The SMILES string of the molecule is CCCCC/C=C\C/C=C\C/C=C\C/C=C\CCCC(=O)OC(CCCCCCCCCCCCCCC)CC(=O)NC(CO)C(O)CCCCCCCCCCCCCCCCCCC. The van der Waals surface area contributed by atoms with Crippen LogP contribution in [0.15, 0.2) is 48.6 Å². The van der Waals surface area contributed by atoms with Gasteiger partial charge in [-0.25, -0.2) is 0 Å². The van der Waals surface area contributed by atoms with Gasteiger partial charge in [0.05, 0.1) is 25.2 Å². The summed E-state index contributed by atoms with van der Waals surface area (Å²) in [6, 6.07) is -0.711. The monoisotopic (exact) mass is 926 g/mol. The van der Waals surface area contributed by atoms with Gasteiger partial charge in [0.2, 0.25) is 5.91 Å². The molecule has 3 unspecified atom stereocenters. The Hall–Kier alpha value is -2.18. The van der Waals surface area contributed by atoms with Crippen LogP contribution in [0.25, 0.3) is 0 Å². The molecule has 0 saturated carbocycles. The third-order valence-corrected chi connectivity index (χ3v) is 13.2. The zero-order valence-electron chi connectivity index (χ0n) is 44.1. The van der Waals surface area contributed by atoms with Crippen molar-refractivity contribution in [1.29, 1.82) is 0 Å². The molecule has 0 aliphatic rings. The van der Waals surface area contributed by atoms with Crippen LogP contribution in [-0.4, -0.2) is 46.9 Å². The number of esters is 1. The van der Waals surface area contributed by atoms with Crippen LogP contribution in [0.4, 0.5) is 0 Å². The molecule has 0 spiro atoms. The lowest BCUT2D eigenvalue weighted by Gasteiger charge is -2.24. The maximum Gasteiger partial charge on any atom is 0.306 e. The molecule has 66 heavy (non-hydrogen) atoms. The molecule has 0 aliphatic heterocycles. The van der Waals surface area contributed by atoms with Gasteiger partial charge < -0.3 is 20.3 Å². The smallest absolute Gasteiger partial charge is 0.306 e. The minimum atomic E-state index is -0.796. The summed E-state index contributed by atoms with van der Waals surface area (Å²) in [6.07, 6.45) is 66.1. The van der Waals surface area contributed by atoms with E-state index < -0.39 is 18.2 Å². The maximum atomic E-state index is 13.3. The topological polar surface area (TPSA) is 95.9 Å². The molecule has 1 amide bonds. The van der Waals surface area contributed by atoms with Crippen molar-refractivity contribution < 1.29 is 24.5 Å². The Morgan fingerprint density at radius 1 is 0.439 bits per heavy atom. The Morgan fingerprint density at radius 3 is 1.17 bits per heavy atom. The fourth-order valence-electron chi connectivity index (χ4n) is 8.78. The Balaban J connectivity index is 4.57.